The van der Waals surface area contributed by atoms with E-state index >= 15 is 0 Å². The lowest BCUT2D eigenvalue weighted by atomic mass is 10.0. The van der Waals surface area contributed by atoms with Gasteiger partial charge >= 0.3 is 17.9 Å². The van der Waals surface area contributed by atoms with Crippen molar-refractivity contribution in [3.8, 4) is 0 Å². The molecule has 0 radical (unpaired) electrons. The molecule has 0 aromatic rings. The Labute approximate surface area is 365 Å². The highest BCUT2D eigenvalue weighted by Gasteiger charge is 2.19. The summed E-state index contributed by atoms with van der Waals surface area (Å²) in [6.45, 7) is 6.52. The summed E-state index contributed by atoms with van der Waals surface area (Å²) in [4.78, 5) is 37.9. The maximum absolute atomic E-state index is 12.7. The Kier molecular flexibility index (Phi) is 46.4. The van der Waals surface area contributed by atoms with Crippen LogP contribution in [0.3, 0.4) is 0 Å². The van der Waals surface area contributed by atoms with Gasteiger partial charge in [-0.15, -0.1) is 0 Å². The standard InChI is InChI=1S/C53H96O6/c1-4-7-10-13-16-19-22-25-26-27-29-31-34-37-40-43-46-52(55)58-49-50(48-57-51(54)45-42-39-36-33-30-24-21-18-15-12-9-6-3)59-53(56)47-44-41-38-35-32-28-23-20-17-14-11-8-5-2/h8,11,17,20,28,32,50H,4-7,9-10,12-16,18-19,21-27,29-31,33-49H2,1-3H3/b11-8-,20-17-,32-28-. The number of ether oxygens (including phenoxy) is 3. The fourth-order valence-electron chi connectivity index (χ4n) is 7.34. The van der Waals surface area contributed by atoms with Gasteiger partial charge in [-0.3, -0.25) is 14.4 Å². The molecule has 0 saturated heterocycles. The van der Waals surface area contributed by atoms with Crippen molar-refractivity contribution in [2.24, 2.45) is 0 Å². The summed E-state index contributed by atoms with van der Waals surface area (Å²) in [5.41, 5.74) is 0. The second kappa shape index (κ2) is 48.3. The van der Waals surface area contributed by atoms with Crippen LogP contribution in [0.4, 0.5) is 0 Å². The van der Waals surface area contributed by atoms with Gasteiger partial charge < -0.3 is 14.2 Å². The molecule has 59 heavy (non-hydrogen) atoms. The van der Waals surface area contributed by atoms with Gasteiger partial charge in [0, 0.05) is 19.3 Å². The van der Waals surface area contributed by atoms with Crippen molar-refractivity contribution in [2.75, 3.05) is 13.2 Å². The topological polar surface area (TPSA) is 78.9 Å². The van der Waals surface area contributed by atoms with E-state index in [1.165, 1.54) is 141 Å². The first-order valence-electron chi connectivity index (χ1n) is 25.5. The van der Waals surface area contributed by atoms with Gasteiger partial charge in [-0.05, 0) is 51.4 Å². The molecule has 0 fully saturated rings. The molecule has 0 saturated carbocycles. The van der Waals surface area contributed by atoms with Gasteiger partial charge in [0.05, 0.1) is 0 Å². The SMILES string of the molecule is CC/C=C\C/C=C\C/C=C\CCCCCC(=O)OC(COC(=O)CCCCCCCCCCCCCC)COC(=O)CCCCCCCCCCCCCCCCCC. The molecular formula is C53H96O6. The molecule has 0 heterocycles. The van der Waals surface area contributed by atoms with Crippen molar-refractivity contribution in [3.05, 3.63) is 36.5 Å². The molecule has 1 atom stereocenters. The zero-order valence-electron chi connectivity index (χ0n) is 39.3. The monoisotopic (exact) mass is 829 g/mol. The average Bonchev–Trinajstić information content (AvgIpc) is 3.23. The molecule has 0 amide bonds. The van der Waals surface area contributed by atoms with Crippen molar-refractivity contribution in [2.45, 2.75) is 271 Å². The molecule has 0 N–H and O–H groups in total. The molecule has 0 aliphatic heterocycles. The third-order valence-corrected chi connectivity index (χ3v) is 11.2. The minimum Gasteiger partial charge on any atom is -0.462 e. The van der Waals surface area contributed by atoms with Gasteiger partial charge in [0.1, 0.15) is 13.2 Å². The molecule has 344 valence electrons. The van der Waals surface area contributed by atoms with Crippen molar-refractivity contribution in [1.82, 2.24) is 0 Å². The number of carbonyl (C=O) groups is 3. The Balaban J connectivity index is 4.36. The van der Waals surface area contributed by atoms with E-state index in [4.69, 9.17) is 14.2 Å². The summed E-state index contributed by atoms with van der Waals surface area (Å²) in [6, 6.07) is 0. The fourth-order valence-corrected chi connectivity index (χ4v) is 7.34. The number of hydrogen-bond donors (Lipinski definition) is 0. The van der Waals surface area contributed by atoms with Crippen LogP contribution in [0, 0.1) is 0 Å². The van der Waals surface area contributed by atoms with Crippen LogP contribution in [0.15, 0.2) is 36.5 Å². The van der Waals surface area contributed by atoms with Gasteiger partial charge in [0.25, 0.3) is 0 Å². The second-order valence-corrected chi connectivity index (χ2v) is 17.1. The molecule has 0 bridgehead atoms. The third-order valence-electron chi connectivity index (χ3n) is 11.2. The van der Waals surface area contributed by atoms with Gasteiger partial charge in [-0.1, -0.05) is 231 Å². The van der Waals surface area contributed by atoms with E-state index in [0.29, 0.717) is 19.3 Å². The number of allylic oxidation sites excluding steroid dienone is 6. The van der Waals surface area contributed by atoms with Crippen molar-refractivity contribution >= 4 is 17.9 Å². The quantitative estimate of drug-likeness (QED) is 0.0263. The van der Waals surface area contributed by atoms with Crippen LogP contribution >= 0.6 is 0 Å². The minimum absolute atomic E-state index is 0.0799. The Bertz CT molecular complexity index is 1000. The summed E-state index contributed by atoms with van der Waals surface area (Å²) in [6.07, 6.45) is 55.6. The van der Waals surface area contributed by atoms with Crippen LogP contribution in [0.1, 0.15) is 265 Å². The number of carbonyl (C=O) groups excluding carboxylic acids is 3. The van der Waals surface area contributed by atoms with Crippen LogP contribution in [0.2, 0.25) is 0 Å². The molecule has 0 aliphatic rings. The lowest BCUT2D eigenvalue weighted by molar-refractivity contribution is -0.167. The second-order valence-electron chi connectivity index (χ2n) is 17.1. The first-order valence-corrected chi connectivity index (χ1v) is 25.5. The van der Waals surface area contributed by atoms with Crippen LogP contribution in [-0.4, -0.2) is 37.2 Å². The molecule has 6 nitrogen and oxygen atoms in total. The summed E-state index contributed by atoms with van der Waals surface area (Å²) in [7, 11) is 0. The zero-order chi connectivity index (χ0) is 43.0. The van der Waals surface area contributed by atoms with Crippen molar-refractivity contribution in [3.63, 3.8) is 0 Å². The summed E-state index contributed by atoms with van der Waals surface area (Å²) in [5.74, 6) is -0.899. The number of unbranched alkanes of at least 4 members (excludes halogenated alkanes) is 29. The van der Waals surface area contributed by atoms with E-state index < -0.39 is 6.10 Å². The smallest absolute Gasteiger partial charge is 0.306 e. The minimum atomic E-state index is -0.781. The van der Waals surface area contributed by atoms with E-state index in [9.17, 15) is 14.4 Å². The highest BCUT2D eigenvalue weighted by Crippen LogP contribution is 2.16. The first kappa shape index (κ1) is 56.6. The molecule has 0 aromatic heterocycles. The molecule has 0 spiro atoms. The fraction of sp³-hybridized carbons (Fsp3) is 0.830. The van der Waals surface area contributed by atoms with Crippen LogP contribution in [-0.2, 0) is 28.6 Å². The maximum atomic E-state index is 12.7. The normalized spacial score (nSPS) is 12.3. The van der Waals surface area contributed by atoms with Crippen LogP contribution in [0.5, 0.6) is 0 Å². The van der Waals surface area contributed by atoms with E-state index in [2.05, 4.69) is 57.2 Å². The maximum Gasteiger partial charge on any atom is 0.306 e. The van der Waals surface area contributed by atoms with Crippen molar-refractivity contribution < 1.29 is 28.6 Å². The van der Waals surface area contributed by atoms with Gasteiger partial charge in [0.15, 0.2) is 6.10 Å². The van der Waals surface area contributed by atoms with E-state index in [1.807, 2.05) is 0 Å². The molecule has 6 heteroatoms. The highest BCUT2D eigenvalue weighted by molar-refractivity contribution is 5.71. The van der Waals surface area contributed by atoms with E-state index in [0.717, 1.165) is 83.5 Å². The van der Waals surface area contributed by atoms with E-state index in [-0.39, 0.29) is 31.1 Å². The summed E-state index contributed by atoms with van der Waals surface area (Å²) >= 11 is 0. The van der Waals surface area contributed by atoms with E-state index in [1.54, 1.807) is 0 Å². The molecule has 1 unspecified atom stereocenters. The molecule has 0 rings (SSSR count). The number of hydrogen-bond acceptors (Lipinski definition) is 6. The molecular weight excluding hydrogens is 733 g/mol. The predicted molar refractivity (Wildman–Crippen MR) is 252 cm³/mol. The Morgan fingerprint density at radius 2 is 0.661 bits per heavy atom. The first-order chi connectivity index (χ1) is 29.0. The predicted octanol–water partition coefficient (Wildman–Crippen LogP) is 16.5. The Hall–Kier alpha value is -2.37. The molecule has 0 aromatic carbocycles. The summed E-state index contributed by atoms with van der Waals surface area (Å²) < 4.78 is 16.8. The average molecular weight is 829 g/mol. The Morgan fingerprint density at radius 1 is 0.356 bits per heavy atom. The third kappa shape index (κ3) is 46.5. The highest BCUT2D eigenvalue weighted by atomic mass is 16.6. The number of esters is 3. The summed E-state index contributed by atoms with van der Waals surface area (Å²) in [5, 5.41) is 0. The lowest BCUT2D eigenvalue weighted by Gasteiger charge is -2.18. The van der Waals surface area contributed by atoms with Gasteiger partial charge in [-0.25, -0.2) is 0 Å². The van der Waals surface area contributed by atoms with Crippen LogP contribution in [0.25, 0.3) is 0 Å². The van der Waals surface area contributed by atoms with Gasteiger partial charge in [-0.2, -0.15) is 0 Å². The molecule has 0 aliphatic carbocycles. The number of rotatable bonds is 46. The Morgan fingerprint density at radius 3 is 1.03 bits per heavy atom. The van der Waals surface area contributed by atoms with Gasteiger partial charge in [0.2, 0.25) is 0 Å². The largest absolute Gasteiger partial charge is 0.462 e. The van der Waals surface area contributed by atoms with Crippen LogP contribution < -0.4 is 0 Å². The zero-order valence-corrected chi connectivity index (χ0v) is 39.3. The lowest BCUT2D eigenvalue weighted by Crippen LogP contribution is -2.30. The van der Waals surface area contributed by atoms with Crippen molar-refractivity contribution in [1.29, 1.82) is 0 Å².